The summed E-state index contributed by atoms with van der Waals surface area (Å²) in [6, 6.07) is 29.1. The molecule has 0 atom stereocenters. The maximum absolute atomic E-state index is 14.0. The van der Waals surface area contributed by atoms with Gasteiger partial charge in [0, 0.05) is 47.6 Å². The highest BCUT2D eigenvalue weighted by atomic mass is 32.2. The van der Waals surface area contributed by atoms with Crippen molar-refractivity contribution < 1.29 is 54.5 Å². The Balaban J connectivity index is 0.000000188. The topological polar surface area (TPSA) is 238 Å². The average molecular weight is 1080 g/mol. The number of nitrogen functional groups attached to an aromatic ring is 2. The normalized spacial score (nSPS) is 12.7. The number of aromatic nitrogens is 4. The maximum atomic E-state index is 14.0. The number of hydrogen-bond acceptors (Lipinski definition) is 14. The van der Waals surface area contributed by atoms with Gasteiger partial charge in [0.05, 0.1) is 53.5 Å². The fraction of sp³-hybridized carbons (Fsp3) is 0.158. The first-order chi connectivity index (χ1) is 36.5. The number of anilines is 2. The number of aromatic hydroxyl groups is 1. The van der Waals surface area contributed by atoms with Crippen LogP contribution >= 0.6 is 0 Å². The number of allylic oxidation sites excluding steroid dienone is 2. The first kappa shape index (κ1) is 53.0. The van der Waals surface area contributed by atoms with Crippen molar-refractivity contribution in [2.75, 3.05) is 31.1 Å². The summed E-state index contributed by atoms with van der Waals surface area (Å²) in [4.78, 5) is 26.8. The monoisotopic (exact) mass is 1080 g/mol. The van der Waals surface area contributed by atoms with Crippen LogP contribution in [0.25, 0.3) is 23.5 Å². The number of fused-ring (bicyclic) bond motifs is 2. The molecule has 20 heteroatoms. The molecule has 2 heterocycles. The van der Waals surface area contributed by atoms with E-state index in [1.807, 2.05) is 13.8 Å². The first-order valence-corrected chi connectivity index (χ1v) is 27.8. The molecule has 0 amide bonds. The molecule has 2 aromatic heterocycles. The molecule has 77 heavy (non-hydrogen) atoms. The summed E-state index contributed by atoms with van der Waals surface area (Å²) in [5, 5.41) is 18.9. The lowest BCUT2D eigenvalue weighted by molar-refractivity contribution is 0.102. The van der Waals surface area contributed by atoms with Crippen LogP contribution in [-0.2, 0) is 44.0 Å². The Labute approximate surface area is 442 Å². The number of aryl methyl sites for hydroxylation is 2. The number of rotatable bonds is 15. The number of nitrogens with zero attached hydrogens (tertiary/aromatic N) is 4. The smallest absolute Gasteiger partial charge is 0.194 e. The van der Waals surface area contributed by atoms with Crippen LogP contribution in [0.1, 0.15) is 65.2 Å². The second kappa shape index (κ2) is 21.0. The average Bonchev–Trinajstić information content (AvgIpc) is 4.17. The quantitative estimate of drug-likeness (QED) is 0.0810. The fourth-order valence-electron chi connectivity index (χ4n) is 9.09. The van der Waals surface area contributed by atoms with Crippen LogP contribution in [0.15, 0.2) is 133 Å². The van der Waals surface area contributed by atoms with E-state index in [-0.39, 0.29) is 69.5 Å². The number of benzene rings is 6. The van der Waals surface area contributed by atoms with Crippen molar-refractivity contribution in [3.05, 3.63) is 200 Å². The number of phenols is 1. The van der Waals surface area contributed by atoms with Gasteiger partial charge in [0.1, 0.15) is 34.6 Å². The minimum atomic E-state index is -3.34. The number of sulfone groups is 2. The molecule has 394 valence electrons. The largest absolute Gasteiger partial charge is 0.508 e. The Bertz CT molecular complexity index is 4020. The molecule has 10 rings (SSSR count). The maximum Gasteiger partial charge on any atom is 0.194 e. The fourth-order valence-corrected chi connectivity index (χ4v) is 10.7. The van der Waals surface area contributed by atoms with Gasteiger partial charge < -0.3 is 30.8 Å². The van der Waals surface area contributed by atoms with Crippen LogP contribution in [0, 0.1) is 25.5 Å². The molecule has 5 N–H and O–H groups in total. The van der Waals surface area contributed by atoms with Gasteiger partial charge >= 0.3 is 0 Å². The lowest BCUT2D eigenvalue weighted by Crippen LogP contribution is -2.09. The number of para-hydroxylation sites is 2. The van der Waals surface area contributed by atoms with E-state index >= 15 is 0 Å². The number of ether oxygens (including phenoxy) is 3. The van der Waals surface area contributed by atoms with E-state index in [9.17, 15) is 40.3 Å². The predicted molar refractivity (Wildman–Crippen MR) is 289 cm³/mol. The zero-order valence-corrected chi connectivity index (χ0v) is 43.8. The van der Waals surface area contributed by atoms with Crippen molar-refractivity contribution in [1.29, 1.82) is 0 Å². The molecule has 0 saturated heterocycles. The van der Waals surface area contributed by atoms with Crippen molar-refractivity contribution in [3.8, 4) is 45.9 Å². The number of hydrogen-bond donors (Lipinski definition) is 3. The van der Waals surface area contributed by atoms with Gasteiger partial charge in [0.25, 0.3) is 0 Å². The highest BCUT2D eigenvalue weighted by Gasteiger charge is 2.28. The van der Waals surface area contributed by atoms with Crippen LogP contribution in [0.3, 0.4) is 0 Å². The van der Waals surface area contributed by atoms with Crippen LogP contribution in [0.5, 0.6) is 34.5 Å². The van der Waals surface area contributed by atoms with Crippen LogP contribution in [0.4, 0.5) is 20.4 Å². The third-order valence-corrected chi connectivity index (χ3v) is 14.4. The molecule has 0 unspecified atom stereocenters. The zero-order valence-electron chi connectivity index (χ0n) is 42.2. The van der Waals surface area contributed by atoms with E-state index in [1.165, 1.54) is 59.4 Å². The molecule has 0 spiro atoms. The van der Waals surface area contributed by atoms with Crippen molar-refractivity contribution in [2.45, 2.75) is 38.2 Å². The number of Topliss-reactive ketones (excluding diaryl/α,β-unsaturated/α-hetero) is 2. The first-order valence-electron chi connectivity index (χ1n) is 23.7. The highest BCUT2D eigenvalue weighted by Crippen LogP contribution is 2.37. The van der Waals surface area contributed by atoms with Gasteiger partial charge in [-0.1, -0.05) is 36.4 Å². The highest BCUT2D eigenvalue weighted by molar-refractivity contribution is 7.90. The number of halogens is 2. The van der Waals surface area contributed by atoms with E-state index in [2.05, 4.69) is 10.2 Å². The Kier molecular flexibility index (Phi) is 14.5. The Morgan fingerprint density at radius 2 is 1.04 bits per heavy atom. The van der Waals surface area contributed by atoms with Gasteiger partial charge in [0.2, 0.25) is 0 Å². The van der Waals surface area contributed by atoms with Crippen molar-refractivity contribution in [3.63, 3.8) is 0 Å². The van der Waals surface area contributed by atoms with Gasteiger partial charge in [-0.15, -0.1) is 0 Å². The predicted octanol–water partition coefficient (Wildman–Crippen LogP) is 9.84. The van der Waals surface area contributed by atoms with Crippen LogP contribution < -0.4 is 25.7 Å². The SMILES string of the molecule is COc1cc2c(cc1CS(C)(=O)=O)CC(C(=O)c1cnn(-c3ccc(Oc4ccccc4F)cc3C)c1N)=C2.Cc1cc(Oc2ccccc2F)ccc1-n1ncc(C(=O)C2=Cc3cc(O)c(CS(C)(=O)=O)cc3C2)c1N. The second-order valence-electron chi connectivity index (χ2n) is 18.7. The van der Waals surface area contributed by atoms with Gasteiger partial charge in [-0.25, -0.2) is 35.0 Å². The number of carbonyl (C=O) groups excluding carboxylic acids is 2. The molecule has 2 aliphatic carbocycles. The van der Waals surface area contributed by atoms with Gasteiger partial charge in [-0.3, -0.25) is 9.59 Å². The number of ketones is 2. The lowest BCUT2D eigenvalue weighted by atomic mass is 10.0. The summed E-state index contributed by atoms with van der Waals surface area (Å²) in [5.41, 5.74) is 20.8. The summed E-state index contributed by atoms with van der Waals surface area (Å²) in [7, 11) is -5.13. The molecule has 2 aliphatic rings. The van der Waals surface area contributed by atoms with E-state index in [0.29, 0.717) is 62.9 Å². The van der Waals surface area contributed by atoms with Gasteiger partial charge in [-0.05, 0) is 132 Å². The van der Waals surface area contributed by atoms with E-state index < -0.39 is 31.3 Å². The molecule has 8 aromatic rings. The van der Waals surface area contributed by atoms with Crippen LogP contribution in [-0.4, -0.2) is 72.7 Å². The lowest BCUT2D eigenvalue weighted by Gasteiger charge is -2.12. The number of phenolic OH excluding ortho intramolecular Hbond substituents is 1. The molecule has 0 bridgehead atoms. The third kappa shape index (κ3) is 11.5. The zero-order chi connectivity index (χ0) is 55.1. The van der Waals surface area contributed by atoms with Gasteiger partial charge in [-0.2, -0.15) is 10.2 Å². The molecule has 0 fully saturated rings. The molecule has 0 aliphatic heterocycles. The Morgan fingerprint density at radius 3 is 1.47 bits per heavy atom. The summed E-state index contributed by atoms with van der Waals surface area (Å²) in [5.74, 6) is -0.220. The van der Waals surface area contributed by atoms with E-state index in [4.69, 9.17) is 25.7 Å². The van der Waals surface area contributed by atoms with Crippen molar-refractivity contribution >= 4 is 55.0 Å². The van der Waals surface area contributed by atoms with E-state index in [1.54, 1.807) is 97.1 Å². The number of carbonyl (C=O) groups is 2. The minimum absolute atomic E-state index is 0.105. The molecule has 0 saturated carbocycles. The molecular weight excluding hydrogens is 1030 g/mol. The van der Waals surface area contributed by atoms with E-state index in [0.717, 1.165) is 34.1 Å². The van der Waals surface area contributed by atoms with Crippen molar-refractivity contribution in [1.82, 2.24) is 19.6 Å². The van der Waals surface area contributed by atoms with Crippen LogP contribution in [0.2, 0.25) is 0 Å². The third-order valence-electron chi connectivity index (χ3n) is 12.7. The van der Waals surface area contributed by atoms with Crippen molar-refractivity contribution in [2.24, 2.45) is 0 Å². The number of methoxy groups -OCH3 is 1. The summed E-state index contributed by atoms with van der Waals surface area (Å²) in [6.07, 6.45) is 9.13. The molecule has 6 aromatic carbocycles. The minimum Gasteiger partial charge on any atom is -0.508 e. The summed E-state index contributed by atoms with van der Waals surface area (Å²) < 4.78 is 94.6. The Morgan fingerprint density at radius 1 is 0.610 bits per heavy atom. The second-order valence-corrected chi connectivity index (χ2v) is 23.0. The summed E-state index contributed by atoms with van der Waals surface area (Å²) in [6.45, 7) is 3.66. The number of nitrogens with two attached hydrogens (primary N) is 2. The van der Waals surface area contributed by atoms with Gasteiger partial charge in [0.15, 0.2) is 54.4 Å². The molecular formula is C57H50F2N6O10S2. The molecule has 16 nitrogen and oxygen atoms in total. The molecule has 0 radical (unpaired) electrons. The standard InChI is InChI=1S/C29H26FN3O5S.C28H24FN3O5S/c1-17-10-22(38-26-7-5-4-6-24(26)30)8-9-25(17)33-29(31)23(15-32-33)28(34)20-11-18-13-21(16-39(3,35)36)27(37-2)14-19(18)12-20;1-16-9-21(37-26-6-4-3-5-23(26)29)7-8-24(16)32-28(30)22(14-31-32)27(34)19-10-17-12-20(15-38(2,35)36)25(33)13-18(17)11-19/h4-10,12-15H,11,16,31H2,1-3H3;3-9,11-14,33H,10,15,30H2,1-2H3. The summed E-state index contributed by atoms with van der Waals surface area (Å²) >= 11 is 0. The Hall–Kier alpha value is -8.88.